The number of likely N-dealkylation sites (N-methyl/N-ethyl adjacent to an activating group) is 1. The number of hydrogen-bond acceptors (Lipinski definition) is 3. The topological polar surface area (TPSA) is 44.4 Å². The average Bonchev–Trinajstić information content (AvgIpc) is 2.69. The number of hydrogen-bond donors (Lipinski definition) is 2. The summed E-state index contributed by atoms with van der Waals surface area (Å²) in [7, 11) is 1.66. The summed E-state index contributed by atoms with van der Waals surface area (Å²) in [4.78, 5) is 12.7. The first-order valence-corrected chi connectivity index (χ1v) is 8.22. The summed E-state index contributed by atoms with van der Waals surface area (Å²) in [5, 5.41) is 4.67. The molecule has 3 aromatic carbocycles. The van der Waals surface area contributed by atoms with E-state index in [4.69, 9.17) is 0 Å². The van der Waals surface area contributed by atoms with Gasteiger partial charge in [-0.3, -0.25) is 15.2 Å². The van der Waals surface area contributed by atoms with Crippen molar-refractivity contribution in [2.75, 3.05) is 17.5 Å². The van der Waals surface area contributed by atoms with Crippen LogP contribution in [0.1, 0.15) is 11.6 Å². The van der Waals surface area contributed by atoms with Crippen LogP contribution in [0.2, 0.25) is 0 Å². The largest absolute Gasteiger partial charge is 0.357 e. The lowest BCUT2D eigenvalue weighted by atomic mass is 10.0. The molecule has 0 aromatic heterocycles. The molecular formula is C21H21N3O. The van der Waals surface area contributed by atoms with Crippen molar-refractivity contribution in [2.45, 2.75) is 6.04 Å². The minimum atomic E-state index is -0.506. The predicted octanol–water partition coefficient (Wildman–Crippen LogP) is 4.01. The zero-order valence-electron chi connectivity index (χ0n) is 14.1. The highest BCUT2D eigenvalue weighted by Crippen LogP contribution is 2.28. The second-order valence-electron chi connectivity index (χ2n) is 5.61. The molecule has 3 rings (SSSR count). The molecule has 4 nitrogen and oxygen atoms in total. The van der Waals surface area contributed by atoms with Crippen LogP contribution in [0.25, 0.3) is 0 Å². The Morgan fingerprint density at radius 1 is 0.800 bits per heavy atom. The van der Waals surface area contributed by atoms with Crippen LogP contribution in [0.3, 0.4) is 0 Å². The molecule has 126 valence electrons. The smallest absolute Gasteiger partial charge is 0.249 e. The number of carbonyl (C=O) groups excluding carboxylic acids is 1. The average molecular weight is 331 g/mol. The number of amides is 1. The number of anilines is 2. The van der Waals surface area contributed by atoms with Gasteiger partial charge < -0.3 is 5.32 Å². The van der Waals surface area contributed by atoms with Crippen LogP contribution in [-0.4, -0.2) is 13.0 Å². The number of benzene rings is 3. The van der Waals surface area contributed by atoms with Crippen LogP contribution in [0.15, 0.2) is 91.0 Å². The Bertz CT molecular complexity index is 791. The molecule has 3 aromatic rings. The first-order valence-electron chi connectivity index (χ1n) is 8.22. The fourth-order valence-corrected chi connectivity index (χ4v) is 2.71. The van der Waals surface area contributed by atoms with E-state index in [1.54, 1.807) is 7.05 Å². The molecule has 0 spiro atoms. The van der Waals surface area contributed by atoms with Crippen molar-refractivity contribution in [1.29, 1.82) is 0 Å². The third kappa shape index (κ3) is 3.98. The fraction of sp³-hybridized carbons (Fsp3) is 0.0952. The van der Waals surface area contributed by atoms with Crippen molar-refractivity contribution in [3.8, 4) is 0 Å². The molecule has 0 radical (unpaired) electrons. The van der Waals surface area contributed by atoms with Gasteiger partial charge in [0.25, 0.3) is 0 Å². The number of hydrazine groups is 1. The predicted molar refractivity (Wildman–Crippen MR) is 102 cm³/mol. The maximum atomic E-state index is 12.7. The fourth-order valence-electron chi connectivity index (χ4n) is 2.71. The summed E-state index contributed by atoms with van der Waals surface area (Å²) in [6.07, 6.45) is 0. The molecule has 25 heavy (non-hydrogen) atoms. The van der Waals surface area contributed by atoms with E-state index in [9.17, 15) is 4.79 Å². The van der Waals surface area contributed by atoms with Crippen LogP contribution in [0.4, 0.5) is 11.4 Å². The van der Waals surface area contributed by atoms with Gasteiger partial charge in [-0.25, -0.2) is 0 Å². The minimum Gasteiger partial charge on any atom is -0.357 e. The van der Waals surface area contributed by atoms with E-state index >= 15 is 0 Å². The van der Waals surface area contributed by atoms with Crippen molar-refractivity contribution in [1.82, 2.24) is 5.32 Å². The number of rotatable bonds is 6. The lowest BCUT2D eigenvalue weighted by Crippen LogP contribution is -2.42. The highest BCUT2D eigenvalue weighted by molar-refractivity contribution is 5.87. The van der Waals surface area contributed by atoms with E-state index in [1.165, 1.54) is 0 Å². The Labute approximate surface area is 148 Å². The van der Waals surface area contributed by atoms with Gasteiger partial charge in [0.15, 0.2) is 6.04 Å². The van der Waals surface area contributed by atoms with Gasteiger partial charge in [0.1, 0.15) is 0 Å². The summed E-state index contributed by atoms with van der Waals surface area (Å²) in [6.45, 7) is 0. The molecule has 0 heterocycles. The monoisotopic (exact) mass is 331 g/mol. The SMILES string of the molecule is CNC(=O)C(c1ccccc1)N(Nc1ccccc1)c1ccccc1. The van der Waals surface area contributed by atoms with Gasteiger partial charge in [-0.05, 0) is 29.8 Å². The Kier molecular flexibility index (Phi) is 5.32. The third-order valence-electron chi connectivity index (χ3n) is 3.93. The van der Waals surface area contributed by atoms with Crippen molar-refractivity contribution in [2.24, 2.45) is 0 Å². The van der Waals surface area contributed by atoms with Gasteiger partial charge in [0.2, 0.25) is 5.91 Å². The first kappa shape index (κ1) is 16.6. The van der Waals surface area contributed by atoms with Crippen LogP contribution in [-0.2, 0) is 4.79 Å². The van der Waals surface area contributed by atoms with Crippen molar-refractivity contribution in [3.63, 3.8) is 0 Å². The number of para-hydroxylation sites is 2. The second kappa shape index (κ2) is 8.02. The third-order valence-corrected chi connectivity index (χ3v) is 3.93. The van der Waals surface area contributed by atoms with E-state index in [1.807, 2.05) is 96.0 Å². The summed E-state index contributed by atoms with van der Waals surface area (Å²) in [5.74, 6) is -0.0847. The van der Waals surface area contributed by atoms with Gasteiger partial charge in [0, 0.05) is 7.05 Å². The van der Waals surface area contributed by atoms with Gasteiger partial charge in [-0.2, -0.15) is 0 Å². The molecule has 0 aliphatic carbocycles. The first-order chi connectivity index (χ1) is 12.3. The molecule has 0 saturated carbocycles. The van der Waals surface area contributed by atoms with E-state index in [2.05, 4.69) is 10.7 Å². The highest BCUT2D eigenvalue weighted by Gasteiger charge is 2.27. The van der Waals surface area contributed by atoms with Gasteiger partial charge >= 0.3 is 0 Å². The maximum Gasteiger partial charge on any atom is 0.249 e. The lowest BCUT2D eigenvalue weighted by Gasteiger charge is -2.33. The van der Waals surface area contributed by atoms with Gasteiger partial charge in [0.05, 0.1) is 11.4 Å². The Balaban J connectivity index is 2.05. The molecule has 1 unspecified atom stereocenters. The summed E-state index contributed by atoms with van der Waals surface area (Å²) in [6, 6.07) is 28.9. The normalized spacial score (nSPS) is 11.4. The summed E-state index contributed by atoms with van der Waals surface area (Å²) in [5.41, 5.74) is 6.11. The molecule has 0 saturated heterocycles. The van der Waals surface area contributed by atoms with Crippen molar-refractivity contribution >= 4 is 17.3 Å². The van der Waals surface area contributed by atoms with Gasteiger partial charge in [-0.1, -0.05) is 66.7 Å². The van der Waals surface area contributed by atoms with Crippen LogP contribution < -0.4 is 15.8 Å². The van der Waals surface area contributed by atoms with Crippen LogP contribution in [0.5, 0.6) is 0 Å². The molecule has 0 aliphatic heterocycles. The van der Waals surface area contributed by atoms with E-state index in [0.717, 1.165) is 16.9 Å². The van der Waals surface area contributed by atoms with Crippen LogP contribution >= 0.6 is 0 Å². The Morgan fingerprint density at radius 2 is 1.32 bits per heavy atom. The molecule has 4 heteroatoms. The molecule has 0 fully saturated rings. The van der Waals surface area contributed by atoms with Crippen molar-refractivity contribution in [3.05, 3.63) is 96.6 Å². The lowest BCUT2D eigenvalue weighted by molar-refractivity contribution is -0.122. The maximum absolute atomic E-state index is 12.7. The Hall–Kier alpha value is -3.27. The molecule has 1 amide bonds. The quantitative estimate of drug-likeness (QED) is 0.671. The molecule has 2 N–H and O–H groups in total. The Morgan fingerprint density at radius 3 is 1.88 bits per heavy atom. The standard InChI is InChI=1S/C21H21N3O/c1-22-21(25)20(17-11-5-2-6-12-17)24(19-15-9-4-10-16-19)23-18-13-7-3-8-14-18/h2-16,20,23H,1H3,(H,22,25). The van der Waals surface area contributed by atoms with E-state index in [-0.39, 0.29) is 5.91 Å². The molecule has 1 atom stereocenters. The molecule has 0 bridgehead atoms. The highest BCUT2D eigenvalue weighted by atomic mass is 16.2. The minimum absolute atomic E-state index is 0.0847. The molecular weight excluding hydrogens is 310 g/mol. The zero-order chi connectivity index (χ0) is 17.5. The van der Waals surface area contributed by atoms with E-state index < -0.39 is 6.04 Å². The number of nitrogens with zero attached hydrogens (tertiary/aromatic N) is 1. The van der Waals surface area contributed by atoms with Crippen LogP contribution in [0, 0.1) is 0 Å². The zero-order valence-corrected chi connectivity index (χ0v) is 14.1. The van der Waals surface area contributed by atoms with Gasteiger partial charge in [-0.15, -0.1) is 0 Å². The van der Waals surface area contributed by atoms with E-state index in [0.29, 0.717) is 0 Å². The second-order valence-corrected chi connectivity index (χ2v) is 5.61. The summed E-state index contributed by atoms with van der Waals surface area (Å²) >= 11 is 0. The van der Waals surface area contributed by atoms with Crippen molar-refractivity contribution < 1.29 is 4.79 Å². The molecule has 0 aliphatic rings. The number of carbonyl (C=O) groups is 1. The summed E-state index contributed by atoms with van der Waals surface area (Å²) < 4.78 is 0. The number of nitrogens with one attached hydrogen (secondary N) is 2.